The molecule has 4 aromatic rings. The molecule has 0 fully saturated rings. The van der Waals surface area contributed by atoms with Crippen molar-refractivity contribution in [2.45, 2.75) is 24.6 Å². The maximum Gasteiger partial charge on any atom is 0.298 e. The lowest BCUT2D eigenvalue weighted by atomic mass is 9.99. The van der Waals surface area contributed by atoms with Gasteiger partial charge in [-0.1, -0.05) is 48.5 Å². The topological polar surface area (TPSA) is 91.0 Å². The first kappa shape index (κ1) is 25.0. The molecule has 38 heavy (non-hydrogen) atoms. The monoisotopic (exact) mass is 527 g/mol. The van der Waals surface area contributed by atoms with Gasteiger partial charge in [-0.15, -0.1) is 0 Å². The molecule has 1 N–H and O–H groups in total. The first-order valence-electron chi connectivity index (χ1n) is 11.9. The molecule has 0 radical (unpaired) electrons. The summed E-state index contributed by atoms with van der Waals surface area (Å²) in [6.07, 6.45) is 1.35. The Morgan fingerprint density at radius 1 is 1.08 bits per heavy atom. The second kappa shape index (κ2) is 9.35. The van der Waals surface area contributed by atoms with E-state index in [-0.39, 0.29) is 22.4 Å². The van der Waals surface area contributed by atoms with Gasteiger partial charge in [0.2, 0.25) is 0 Å². The molecule has 0 bridgehead atoms. The van der Waals surface area contributed by atoms with E-state index in [1.807, 2.05) is 13.0 Å². The number of carbonyl (C=O) groups excluding carboxylic acids is 2. The first-order valence-corrected chi connectivity index (χ1v) is 12.9. The minimum Gasteiger partial charge on any atom is -0.322 e. The summed E-state index contributed by atoms with van der Waals surface area (Å²) >= 11 is 0. The number of amides is 2. The molecule has 1 atom stereocenters. The second-order valence-electron chi connectivity index (χ2n) is 9.65. The van der Waals surface area contributed by atoms with Crippen LogP contribution in [0, 0.1) is 11.3 Å². The van der Waals surface area contributed by atoms with Gasteiger partial charge in [0, 0.05) is 37.9 Å². The van der Waals surface area contributed by atoms with Crippen molar-refractivity contribution < 1.29 is 18.4 Å². The van der Waals surface area contributed by atoms with Gasteiger partial charge in [-0.25, -0.2) is 0 Å². The molecule has 5 rings (SSSR count). The third-order valence-corrected chi connectivity index (χ3v) is 7.27. The number of nitrogens with one attached hydrogen (secondary N) is 1. The Kier molecular flexibility index (Phi) is 6.16. The van der Waals surface area contributed by atoms with E-state index in [9.17, 15) is 9.59 Å². The van der Waals surface area contributed by atoms with Crippen LogP contribution in [0.25, 0.3) is 0 Å². The number of hydrogen-bond donors (Lipinski definition) is 1. The van der Waals surface area contributed by atoms with Crippen molar-refractivity contribution in [1.82, 2.24) is 9.78 Å². The van der Waals surface area contributed by atoms with Gasteiger partial charge in [-0.3, -0.25) is 14.3 Å². The molecule has 2 heterocycles. The maximum absolute atomic E-state index is 15.1. The van der Waals surface area contributed by atoms with E-state index in [0.29, 0.717) is 33.7 Å². The first-order chi connectivity index (χ1) is 18.1. The molecule has 0 unspecified atom stereocenters. The molecular formula is C28H23F2N5O2Si. The number of rotatable bonds is 5. The molecule has 1 aliphatic heterocycles. The molecule has 0 aliphatic carbocycles. The zero-order valence-corrected chi connectivity index (χ0v) is 22.7. The van der Waals surface area contributed by atoms with Gasteiger partial charge >= 0.3 is 0 Å². The smallest absolute Gasteiger partial charge is 0.298 e. The van der Waals surface area contributed by atoms with Crippen LogP contribution in [0.3, 0.4) is 0 Å². The van der Waals surface area contributed by atoms with Crippen molar-refractivity contribution in [3.63, 3.8) is 0 Å². The quantitative estimate of drug-likeness (QED) is 0.399. The number of fused-ring (bicyclic) bond motifs is 1. The van der Waals surface area contributed by atoms with E-state index < -0.39 is 22.9 Å². The van der Waals surface area contributed by atoms with Crippen LogP contribution in [0.15, 0.2) is 85.1 Å². The average Bonchev–Trinajstić information content (AvgIpc) is 3.33. The molecule has 2 amide bonds. The number of nitrogens with zero attached hydrogens (tertiary/aromatic N) is 4. The Labute approximate surface area is 220 Å². The molecule has 3 aromatic carbocycles. The van der Waals surface area contributed by atoms with Crippen molar-refractivity contribution in [2.24, 2.45) is 0 Å². The Hall–Kier alpha value is -4.62. The van der Waals surface area contributed by atoms with Crippen molar-refractivity contribution in [3.8, 4) is 6.07 Å². The number of halogens is 2. The summed E-state index contributed by atoms with van der Waals surface area (Å²) in [5, 5.41) is 15.5. The summed E-state index contributed by atoms with van der Waals surface area (Å²) in [6, 6.07) is 21.7. The lowest BCUT2D eigenvalue weighted by Crippen LogP contribution is -2.58. The second-order valence-corrected chi connectivity index (χ2v) is 11.8. The number of hydrogen-bond acceptors (Lipinski definition) is 4. The summed E-state index contributed by atoms with van der Waals surface area (Å²) in [5.74, 6) is -4.17. The largest absolute Gasteiger partial charge is 0.322 e. The summed E-state index contributed by atoms with van der Waals surface area (Å²) in [5.41, 5.74) is 1.16. The van der Waals surface area contributed by atoms with E-state index >= 15 is 8.78 Å². The third-order valence-electron chi connectivity index (χ3n) is 6.51. The van der Waals surface area contributed by atoms with E-state index in [1.165, 1.54) is 53.3 Å². The minimum absolute atomic E-state index is 0.0896. The highest BCUT2D eigenvalue weighted by Gasteiger charge is 2.42. The van der Waals surface area contributed by atoms with Gasteiger partial charge in [0.1, 0.15) is 5.69 Å². The van der Waals surface area contributed by atoms with Gasteiger partial charge in [-0.05, 0) is 37.3 Å². The molecule has 0 spiro atoms. The fourth-order valence-corrected chi connectivity index (χ4v) is 5.44. The Balaban J connectivity index is 1.46. The van der Waals surface area contributed by atoms with Crippen molar-refractivity contribution in [2.75, 3.05) is 10.2 Å². The van der Waals surface area contributed by atoms with Crippen LogP contribution in [0.2, 0.25) is 0 Å². The number of benzene rings is 3. The van der Waals surface area contributed by atoms with Crippen LogP contribution in [-0.4, -0.2) is 37.0 Å². The lowest BCUT2D eigenvalue weighted by Gasteiger charge is -2.42. The zero-order valence-electron chi connectivity index (χ0n) is 20.7. The van der Waals surface area contributed by atoms with Gasteiger partial charge in [0.15, 0.2) is 0 Å². The molecule has 10 heteroatoms. The van der Waals surface area contributed by atoms with Crippen LogP contribution < -0.4 is 10.2 Å². The SMILES string of the molecule is C[C@]1([SiH3])Cn2ncc(C(=O)Nc3cccc(C#N)c3)c2C(=O)N1c1ccc(C(F)(F)c2ccccc2)cc1. The molecular weight excluding hydrogens is 504 g/mol. The normalized spacial score (nSPS) is 17.1. The average molecular weight is 528 g/mol. The van der Waals surface area contributed by atoms with Gasteiger partial charge in [0.05, 0.1) is 29.9 Å². The fraction of sp³-hybridized carbons (Fsp3) is 0.143. The van der Waals surface area contributed by atoms with Crippen LogP contribution >= 0.6 is 0 Å². The van der Waals surface area contributed by atoms with Crippen LogP contribution in [0.1, 0.15) is 44.5 Å². The lowest BCUT2D eigenvalue weighted by molar-refractivity contribution is 0.0428. The number of nitriles is 1. The highest BCUT2D eigenvalue weighted by molar-refractivity contribution is 6.25. The van der Waals surface area contributed by atoms with Crippen LogP contribution in [0.4, 0.5) is 20.2 Å². The Morgan fingerprint density at radius 3 is 2.45 bits per heavy atom. The van der Waals surface area contributed by atoms with Gasteiger partial charge in [0.25, 0.3) is 17.7 Å². The number of alkyl halides is 2. The standard InChI is InChI=1S/C28H23F2N5O2Si/c1-27(38)17-34-24(23(16-32-34)25(36)33-21-9-5-6-18(14-21)15-31)26(37)35(27)22-12-10-20(11-13-22)28(29,30)19-7-3-2-4-8-19/h2-14,16H,17H2,1,38H3,(H,33,36)/t27-/m0/s1. The summed E-state index contributed by atoms with van der Waals surface area (Å²) < 4.78 is 31.7. The molecule has 1 aromatic heterocycles. The van der Waals surface area contributed by atoms with Crippen molar-refractivity contribution >= 4 is 33.4 Å². The Morgan fingerprint density at radius 2 is 1.76 bits per heavy atom. The predicted molar refractivity (Wildman–Crippen MR) is 142 cm³/mol. The zero-order chi connectivity index (χ0) is 27.1. The predicted octanol–water partition coefficient (Wildman–Crippen LogP) is 3.89. The Bertz CT molecular complexity index is 1580. The van der Waals surface area contributed by atoms with E-state index in [2.05, 4.69) is 10.4 Å². The number of aromatic nitrogens is 2. The molecule has 190 valence electrons. The van der Waals surface area contributed by atoms with Crippen LogP contribution in [0.5, 0.6) is 0 Å². The maximum atomic E-state index is 15.1. The highest BCUT2D eigenvalue weighted by Crippen LogP contribution is 2.38. The summed E-state index contributed by atoms with van der Waals surface area (Å²) in [7, 11) is 0.554. The van der Waals surface area contributed by atoms with Gasteiger partial charge < -0.3 is 10.2 Å². The molecule has 0 saturated heterocycles. The number of carbonyl (C=O) groups is 2. The molecule has 0 saturated carbocycles. The summed E-state index contributed by atoms with van der Waals surface area (Å²) in [4.78, 5) is 28.4. The van der Waals surface area contributed by atoms with Gasteiger partial charge in [-0.2, -0.15) is 19.1 Å². The van der Waals surface area contributed by atoms with E-state index in [0.717, 1.165) is 0 Å². The van der Waals surface area contributed by atoms with Crippen molar-refractivity contribution in [1.29, 1.82) is 5.26 Å². The summed E-state index contributed by atoms with van der Waals surface area (Å²) in [6.45, 7) is 2.25. The number of anilines is 2. The highest BCUT2D eigenvalue weighted by atomic mass is 28.1. The van der Waals surface area contributed by atoms with E-state index in [4.69, 9.17) is 5.26 Å². The molecule has 7 nitrogen and oxygen atoms in total. The van der Waals surface area contributed by atoms with E-state index in [1.54, 1.807) is 41.3 Å². The minimum atomic E-state index is -3.19. The third kappa shape index (κ3) is 4.37. The van der Waals surface area contributed by atoms with Crippen molar-refractivity contribution in [3.05, 3.63) is 113 Å². The van der Waals surface area contributed by atoms with Crippen LogP contribution in [-0.2, 0) is 12.5 Å². The fourth-order valence-electron chi connectivity index (χ4n) is 4.68. The molecule has 1 aliphatic rings.